The van der Waals surface area contributed by atoms with E-state index in [-0.39, 0.29) is 5.54 Å². The van der Waals surface area contributed by atoms with Crippen molar-refractivity contribution >= 4 is 0 Å². The quantitative estimate of drug-likeness (QED) is 0.690. The summed E-state index contributed by atoms with van der Waals surface area (Å²) in [6, 6.07) is 0. The van der Waals surface area contributed by atoms with Gasteiger partial charge in [0.25, 0.3) is 0 Å². The Morgan fingerprint density at radius 2 is 1.72 bits per heavy atom. The molecule has 0 saturated heterocycles. The Morgan fingerprint density at radius 3 is 2.28 bits per heavy atom. The number of rotatable bonds is 7. The van der Waals surface area contributed by atoms with Crippen molar-refractivity contribution in [1.29, 1.82) is 0 Å². The largest absolute Gasteiger partial charge is 0.381 e. The van der Waals surface area contributed by atoms with E-state index < -0.39 is 0 Å². The van der Waals surface area contributed by atoms with Crippen LogP contribution in [0, 0.1) is 5.41 Å². The number of ether oxygens (including phenoxy) is 1. The van der Waals surface area contributed by atoms with E-state index in [4.69, 9.17) is 4.74 Å². The maximum atomic E-state index is 5.71. The van der Waals surface area contributed by atoms with Crippen LogP contribution < -0.4 is 5.32 Å². The molecule has 1 rings (SSSR count). The molecule has 0 atom stereocenters. The van der Waals surface area contributed by atoms with E-state index in [1.807, 2.05) is 0 Å². The lowest BCUT2D eigenvalue weighted by molar-refractivity contribution is 0.0694. The summed E-state index contributed by atoms with van der Waals surface area (Å²) in [5.74, 6) is 0. The van der Waals surface area contributed by atoms with Crippen molar-refractivity contribution in [3.8, 4) is 0 Å². The van der Waals surface area contributed by atoms with Gasteiger partial charge >= 0.3 is 0 Å². The van der Waals surface area contributed by atoms with Gasteiger partial charge in [0, 0.05) is 25.3 Å². The van der Waals surface area contributed by atoms with Gasteiger partial charge in [-0.2, -0.15) is 0 Å². The van der Waals surface area contributed by atoms with Crippen molar-refractivity contribution in [2.75, 3.05) is 19.8 Å². The van der Waals surface area contributed by atoms with Crippen molar-refractivity contribution < 1.29 is 4.74 Å². The standard InChI is InChI=1S/C16H33NO/c1-5-12-18-13-11-16(9-7-6-8-10-16)14-17-15(2,3)4/h17H,5-14H2,1-4H3. The predicted octanol–water partition coefficient (Wildman–Crippen LogP) is 4.14. The summed E-state index contributed by atoms with van der Waals surface area (Å²) in [6.07, 6.45) is 9.35. The molecule has 0 unspecified atom stereocenters. The highest BCUT2D eigenvalue weighted by Crippen LogP contribution is 2.39. The highest BCUT2D eigenvalue weighted by molar-refractivity contribution is 4.87. The Balaban J connectivity index is 2.41. The molecule has 0 heterocycles. The summed E-state index contributed by atoms with van der Waals surface area (Å²) in [7, 11) is 0. The molecule has 1 aliphatic rings. The molecule has 0 radical (unpaired) electrons. The third-order valence-electron chi connectivity index (χ3n) is 4.03. The van der Waals surface area contributed by atoms with Crippen LogP contribution in [0.25, 0.3) is 0 Å². The second kappa shape index (κ2) is 7.49. The van der Waals surface area contributed by atoms with E-state index in [0.717, 1.165) is 26.2 Å². The fourth-order valence-electron chi connectivity index (χ4n) is 2.80. The Morgan fingerprint density at radius 1 is 1.06 bits per heavy atom. The van der Waals surface area contributed by atoms with Crippen LogP contribution in [0.1, 0.15) is 72.6 Å². The molecule has 0 amide bonds. The van der Waals surface area contributed by atoms with Crippen LogP contribution >= 0.6 is 0 Å². The number of nitrogens with one attached hydrogen (secondary N) is 1. The zero-order chi connectivity index (χ0) is 13.5. The number of hydrogen-bond donors (Lipinski definition) is 1. The average Bonchev–Trinajstić information content (AvgIpc) is 2.33. The van der Waals surface area contributed by atoms with Gasteiger partial charge in [0.1, 0.15) is 0 Å². The first-order valence-electron chi connectivity index (χ1n) is 7.80. The summed E-state index contributed by atoms with van der Waals surface area (Å²) in [6.45, 7) is 12.0. The Kier molecular flexibility index (Phi) is 6.65. The normalized spacial score (nSPS) is 20.0. The highest BCUT2D eigenvalue weighted by Gasteiger charge is 2.32. The zero-order valence-corrected chi connectivity index (χ0v) is 13.0. The summed E-state index contributed by atoms with van der Waals surface area (Å²) in [5.41, 5.74) is 0.730. The van der Waals surface area contributed by atoms with Crippen molar-refractivity contribution in [2.24, 2.45) is 5.41 Å². The van der Waals surface area contributed by atoms with Gasteiger partial charge in [-0.3, -0.25) is 0 Å². The van der Waals surface area contributed by atoms with Crippen LogP contribution in [0.2, 0.25) is 0 Å². The fourth-order valence-corrected chi connectivity index (χ4v) is 2.80. The molecule has 0 spiro atoms. The molecule has 108 valence electrons. The van der Waals surface area contributed by atoms with Crippen molar-refractivity contribution in [1.82, 2.24) is 5.32 Å². The van der Waals surface area contributed by atoms with E-state index in [2.05, 4.69) is 33.0 Å². The second-order valence-electron chi connectivity index (χ2n) is 7.03. The van der Waals surface area contributed by atoms with Crippen molar-refractivity contribution in [2.45, 2.75) is 78.2 Å². The summed E-state index contributed by atoms with van der Waals surface area (Å²) >= 11 is 0. The third kappa shape index (κ3) is 6.19. The van der Waals surface area contributed by atoms with Crippen LogP contribution in [-0.4, -0.2) is 25.3 Å². The third-order valence-corrected chi connectivity index (χ3v) is 4.03. The smallest absolute Gasteiger partial charge is 0.0471 e. The van der Waals surface area contributed by atoms with Gasteiger partial charge in [0.15, 0.2) is 0 Å². The minimum Gasteiger partial charge on any atom is -0.381 e. The Labute approximate surface area is 114 Å². The predicted molar refractivity (Wildman–Crippen MR) is 79.0 cm³/mol. The molecule has 1 fully saturated rings. The molecule has 1 N–H and O–H groups in total. The monoisotopic (exact) mass is 255 g/mol. The maximum Gasteiger partial charge on any atom is 0.0471 e. The topological polar surface area (TPSA) is 21.3 Å². The van der Waals surface area contributed by atoms with Gasteiger partial charge in [-0.1, -0.05) is 26.2 Å². The van der Waals surface area contributed by atoms with Gasteiger partial charge in [-0.15, -0.1) is 0 Å². The molecule has 0 aromatic rings. The van der Waals surface area contributed by atoms with Crippen molar-refractivity contribution in [3.63, 3.8) is 0 Å². The average molecular weight is 255 g/mol. The van der Waals surface area contributed by atoms with Crippen molar-refractivity contribution in [3.05, 3.63) is 0 Å². The van der Waals surface area contributed by atoms with Gasteiger partial charge in [-0.25, -0.2) is 0 Å². The summed E-state index contributed by atoms with van der Waals surface area (Å²) < 4.78 is 5.71. The SMILES string of the molecule is CCCOCCC1(CNC(C)(C)C)CCCCC1. The lowest BCUT2D eigenvalue weighted by Gasteiger charge is -2.40. The van der Waals surface area contributed by atoms with Gasteiger partial charge in [-0.05, 0) is 51.9 Å². The van der Waals surface area contributed by atoms with E-state index in [1.54, 1.807) is 0 Å². The molecule has 0 bridgehead atoms. The Hall–Kier alpha value is -0.0800. The van der Waals surface area contributed by atoms with E-state index >= 15 is 0 Å². The molecule has 1 aliphatic carbocycles. The lowest BCUT2D eigenvalue weighted by Crippen LogP contribution is -2.45. The number of hydrogen-bond acceptors (Lipinski definition) is 2. The fraction of sp³-hybridized carbons (Fsp3) is 1.00. The first kappa shape index (κ1) is 16.0. The van der Waals surface area contributed by atoms with E-state index in [1.165, 1.54) is 38.5 Å². The molecule has 0 aliphatic heterocycles. The summed E-state index contributed by atoms with van der Waals surface area (Å²) in [4.78, 5) is 0. The van der Waals surface area contributed by atoms with Gasteiger partial charge < -0.3 is 10.1 Å². The highest BCUT2D eigenvalue weighted by atomic mass is 16.5. The molecule has 2 nitrogen and oxygen atoms in total. The molecular formula is C16H33NO. The molecule has 0 aromatic carbocycles. The van der Waals surface area contributed by atoms with E-state index in [9.17, 15) is 0 Å². The Bertz CT molecular complexity index is 214. The van der Waals surface area contributed by atoms with Crippen LogP contribution in [0.3, 0.4) is 0 Å². The second-order valence-corrected chi connectivity index (χ2v) is 7.03. The van der Waals surface area contributed by atoms with Gasteiger partial charge in [0.2, 0.25) is 0 Å². The summed E-state index contributed by atoms with van der Waals surface area (Å²) in [5, 5.41) is 3.72. The molecule has 2 heteroatoms. The molecule has 18 heavy (non-hydrogen) atoms. The first-order chi connectivity index (χ1) is 8.47. The lowest BCUT2D eigenvalue weighted by atomic mass is 9.71. The minimum absolute atomic E-state index is 0.231. The van der Waals surface area contributed by atoms with Crippen LogP contribution in [0.4, 0.5) is 0 Å². The van der Waals surface area contributed by atoms with Crippen LogP contribution in [-0.2, 0) is 4.74 Å². The molecular weight excluding hydrogens is 222 g/mol. The minimum atomic E-state index is 0.231. The van der Waals surface area contributed by atoms with Crippen LogP contribution in [0.5, 0.6) is 0 Å². The first-order valence-corrected chi connectivity index (χ1v) is 7.80. The van der Waals surface area contributed by atoms with Gasteiger partial charge in [0.05, 0.1) is 0 Å². The zero-order valence-electron chi connectivity index (χ0n) is 13.0. The maximum absolute atomic E-state index is 5.71. The van der Waals surface area contributed by atoms with Crippen LogP contribution in [0.15, 0.2) is 0 Å². The molecule has 0 aromatic heterocycles. The molecule has 1 saturated carbocycles. The van der Waals surface area contributed by atoms with E-state index in [0.29, 0.717) is 5.41 Å².